The zero-order chi connectivity index (χ0) is 0. The molecule has 0 aliphatic rings. The van der Waals surface area contributed by atoms with Crippen LogP contribution in [0.25, 0.3) is 0 Å². The Hall–Kier alpha value is 0.721. The maximum atomic E-state index is 0. The summed E-state index contributed by atoms with van der Waals surface area (Å²) in [5.41, 5.74) is 0. The average molecular weight is 733 g/mol. The van der Waals surface area contributed by atoms with Crippen LogP contribution in [0.2, 0.25) is 0 Å². The van der Waals surface area contributed by atoms with Gasteiger partial charge in [0.05, 0.1) is 0 Å². The Kier molecular flexibility index (Phi) is 48000000. The first kappa shape index (κ1) is 38100. The number of rotatable bonds is 0. The van der Waals surface area contributed by atoms with Crippen LogP contribution in [0.3, 0.4) is 0 Å². The van der Waals surface area contributed by atoms with Crippen molar-refractivity contribution < 1.29 is 157 Å². The molecule has 197 valence electrons. The van der Waals surface area contributed by atoms with Crippen LogP contribution in [0, 0.1) is 0 Å². The molecule has 6 nitrogen and oxygen atoms in total. The molecule has 0 saturated carbocycles. The summed E-state index contributed by atoms with van der Waals surface area (Å²) in [6, 6.07) is 0. The van der Waals surface area contributed by atoms with Crippen LogP contribution >= 0.6 is 0 Å². The Morgan fingerprint density at radius 2 is 0.222 bits per heavy atom. The standard InChI is InChI=1S/18FH.5H3N.3Nb.H2O/h18*1H;5*1H3;;;;1H2/q;;;;;;;;;;;;;;;;;;;;;;;;2*+5;/p-9. The Balaban J connectivity index is 0. The van der Waals surface area contributed by atoms with Gasteiger partial charge in [-0.05, 0) is 0 Å². The number of hydrogen-bond acceptors (Lipinski definition) is 5. The summed E-state index contributed by atoms with van der Waals surface area (Å²) in [5.74, 6) is 0. The van der Waals surface area contributed by atoms with E-state index in [0.29, 0.717) is 0 Å². The third-order valence-electron chi connectivity index (χ3n) is 0. The van der Waals surface area contributed by atoms with Crippen molar-refractivity contribution in [3.8, 4) is 0 Å². The van der Waals surface area contributed by atoms with Crippen molar-refractivity contribution in [2.24, 2.45) is 0 Å². The molecule has 27 heteroatoms. The predicted octanol–water partition coefficient (Wildman–Crippen LogP) is -25.6. The molecular formula is H26F18N5Nb3O+. The maximum absolute atomic E-state index is 0. The van der Waals surface area contributed by atoms with Gasteiger partial charge in [-0.3, -0.25) is 42.3 Å². The van der Waals surface area contributed by atoms with Crippen LogP contribution in [-0.4, -0.2) is 5.48 Å². The zero-order valence-corrected chi connectivity index (χ0v) is 19.0. The molecule has 17 N–H and O–H groups in total. The van der Waals surface area contributed by atoms with E-state index in [1.54, 1.807) is 0 Å². The third-order valence-corrected chi connectivity index (χ3v) is 0. The van der Waals surface area contributed by atoms with Gasteiger partial charge < -0.3 is 78.6 Å². The van der Waals surface area contributed by atoms with Crippen LogP contribution in [0.5, 0.6) is 0 Å². The molecule has 0 atom stereocenters. The summed E-state index contributed by atoms with van der Waals surface area (Å²) >= 11 is 0. The molecule has 0 heterocycles. The average Bonchev–Trinajstić information content (AvgIpc) is 0. The maximum Gasteiger partial charge on any atom is 5.00 e. The quantitative estimate of drug-likeness (QED) is 0.121. The fraction of sp³-hybridized carbons (Fsp3) is 0. The molecule has 0 aromatic carbocycles. The zero-order valence-electron chi connectivity index (χ0n) is 12.5. The smallest absolute Gasteiger partial charge is 1.00 e. The second-order valence-electron chi connectivity index (χ2n) is 0. The van der Waals surface area contributed by atoms with Crippen molar-refractivity contribution in [3.05, 3.63) is 0 Å². The molecule has 0 spiro atoms. The minimum Gasteiger partial charge on any atom is -1.00 e. The topological polar surface area (TPSA) is 206 Å². The van der Waals surface area contributed by atoms with E-state index in [9.17, 15) is 0 Å². The van der Waals surface area contributed by atoms with Crippen molar-refractivity contribution in [1.82, 2.24) is 30.8 Å². The van der Waals surface area contributed by atoms with Gasteiger partial charge in [0, 0.05) is 22.4 Å². The van der Waals surface area contributed by atoms with Gasteiger partial charge in [0.15, 0.2) is 0 Å². The Morgan fingerprint density at radius 1 is 0.222 bits per heavy atom. The summed E-state index contributed by atoms with van der Waals surface area (Å²) < 4.78 is 0. The van der Waals surface area contributed by atoms with Crippen LogP contribution in [0.4, 0.5) is 42.3 Å². The summed E-state index contributed by atoms with van der Waals surface area (Å²) in [5, 5.41) is 0. The van der Waals surface area contributed by atoms with Crippen molar-refractivity contribution in [1.29, 1.82) is 0 Å². The summed E-state index contributed by atoms with van der Waals surface area (Å²) in [7, 11) is 0. The van der Waals surface area contributed by atoms with E-state index in [4.69, 9.17) is 0 Å². The minimum atomic E-state index is 0. The SMILES string of the molecule is F.F.F.F.F.F.F.F.F.N.N.N.N.N.O.[F-].[F-].[F-].[F-].[F-].[F-].[F-].[F-].[F-].[Nb+5].[Nb+5].[Nb]. The van der Waals surface area contributed by atoms with Crippen LogP contribution in [0.15, 0.2) is 0 Å². The van der Waals surface area contributed by atoms with Crippen molar-refractivity contribution >= 4 is 0 Å². The van der Waals surface area contributed by atoms with E-state index in [0.717, 1.165) is 0 Å². The van der Waals surface area contributed by atoms with E-state index in [-0.39, 0.29) is 188 Å². The minimum absolute atomic E-state index is 0. The van der Waals surface area contributed by atoms with Gasteiger partial charge in [0.2, 0.25) is 0 Å². The monoisotopic (exact) mass is 733 g/mol. The number of hydrogen-bond donors (Lipinski definition) is 5. The molecule has 0 unspecified atom stereocenters. The molecule has 0 aromatic rings. The summed E-state index contributed by atoms with van der Waals surface area (Å²) in [6.45, 7) is 0. The van der Waals surface area contributed by atoms with E-state index in [1.165, 1.54) is 0 Å². The molecule has 0 bridgehead atoms. The van der Waals surface area contributed by atoms with Gasteiger partial charge in [0.25, 0.3) is 0 Å². The molecule has 27 heavy (non-hydrogen) atoms. The van der Waals surface area contributed by atoms with Crippen molar-refractivity contribution in [2.75, 3.05) is 0 Å². The van der Waals surface area contributed by atoms with Gasteiger partial charge in [-0.15, -0.1) is 0 Å². The van der Waals surface area contributed by atoms with E-state index >= 15 is 0 Å². The van der Waals surface area contributed by atoms with Crippen molar-refractivity contribution in [3.63, 3.8) is 0 Å². The van der Waals surface area contributed by atoms with E-state index in [2.05, 4.69) is 0 Å². The molecule has 0 fully saturated rings. The Morgan fingerprint density at radius 3 is 0.222 bits per heavy atom. The molecule has 1 radical (unpaired) electrons. The molecule has 0 aliphatic heterocycles. The normalized spacial score (nSPS) is 0. The van der Waals surface area contributed by atoms with Crippen LogP contribution < -0.4 is 73.1 Å². The van der Waals surface area contributed by atoms with Crippen LogP contribution in [-0.2, 0) is 67.1 Å². The molecule has 0 amide bonds. The Labute approximate surface area is 188 Å². The largest absolute Gasteiger partial charge is 5.00 e. The van der Waals surface area contributed by atoms with E-state index in [1.807, 2.05) is 0 Å². The Bertz CT molecular complexity index is 37.0. The van der Waals surface area contributed by atoms with Gasteiger partial charge in [-0.1, -0.05) is 0 Å². The second kappa shape index (κ2) is 34000. The molecule has 0 rings (SSSR count). The first-order chi connectivity index (χ1) is 0. The third kappa shape index (κ3) is 31400. The number of halogens is 18. The summed E-state index contributed by atoms with van der Waals surface area (Å²) in [4.78, 5) is 0. The molecule has 0 aliphatic carbocycles. The van der Waals surface area contributed by atoms with Gasteiger partial charge in [0.1, 0.15) is 0 Å². The summed E-state index contributed by atoms with van der Waals surface area (Å²) in [6.07, 6.45) is 0. The fourth-order valence-corrected chi connectivity index (χ4v) is 0. The molecule has 0 saturated heterocycles. The fourth-order valence-electron chi connectivity index (χ4n) is 0. The van der Waals surface area contributed by atoms with Gasteiger partial charge >= 0.3 is 44.8 Å². The van der Waals surface area contributed by atoms with Crippen LogP contribution in [0.1, 0.15) is 0 Å². The predicted molar refractivity (Wildman–Crippen MR) is 51.3 cm³/mol. The van der Waals surface area contributed by atoms with Gasteiger partial charge in [-0.2, -0.15) is 0 Å². The molecular weight excluding hydrogens is 707 g/mol. The van der Waals surface area contributed by atoms with Gasteiger partial charge in [-0.25, -0.2) is 0 Å². The first-order valence-corrected chi connectivity index (χ1v) is 0. The van der Waals surface area contributed by atoms with Crippen molar-refractivity contribution in [2.45, 2.75) is 0 Å². The van der Waals surface area contributed by atoms with E-state index < -0.39 is 0 Å². The first-order valence-electron chi connectivity index (χ1n) is 0. The second-order valence-corrected chi connectivity index (χ2v) is 0. The molecule has 0 aromatic heterocycles.